The van der Waals surface area contributed by atoms with Crippen LogP contribution in [0, 0.1) is 0 Å². The molecule has 0 unspecified atom stereocenters. The Kier molecular flexibility index (Phi) is 5.66. The van der Waals surface area contributed by atoms with Crippen LogP contribution < -0.4 is 15.8 Å². The second-order valence-corrected chi connectivity index (χ2v) is 10.1. The summed E-state index contributed by atoms with van der Waals surface area (Å²) in [5.74, 6) is -0.728. The van der Waals surface area contributed by atoms with E-state index in [9.17, 15) is 22.8 Å². The summed E-state index contributed by atoms with van der Waals surface area (Å²) < 4.78 is 69.6. The summed E-state index contributed by atoms with van der Waals surface area (Å²) in [4.78, 5) is 40.2. The molecule has 2 atom stereocenters. The minimum absolute atomic E-state index is 0.101. The van der Waals surface area contributed by atoms with Gasteiger partial charge >= 0.3 is 6.18 Å². The van der Waals surface area contributed by atoms with Crippen molar-refractivity contribution in [3.63, 3.8) is 0 Å². The lowest BCUT2D eigenvalue weighted by molar-refractivity contribution is -0.137. The molecule has 3 aromatic heterocycles. The summed E-state index contributed by atoms with van der Waals surface area (Å²) in [6.07, 6.45) is 2.41. The number of hydrogen-bond donors (Lipinski definition) is 2. The summed E-state index contributed by atoms with van der Waals surface area (Å²) in [6, 6.07) is 5.61. The molecule has 2 saturated heterocycles. The van der Waals surface area contributed by atoms with E-state index in [1.807, 2.05) is 4.90 Å². The molecule has 4 aromatic rings. The molecule has 41 heavy (non-hydrogen) atoms. The standard InChI is InChI=1S/C28H26F3N7O3/c1-41-20-12-15(27(40)35-21-13-17(8-9-33-21)28(29,30)31)3-6-19(20)23-24-25(32)34-10-11-37(24)26(36-23)16-2-4-18-5-7-22(39)38(18)14-16/h3,6,8-13,16,18H,2,4-5,7,14H2,1H3,(H2,32,34)(H,33,35,40)/t16-,18+/m1/s1/i1D3. The highest BCUT2D eigenvalue weighted by Crippen LogP contribution is 2.40. The fourth-order valence-corrected chi connectivity index (χ4v) is 5.65. The van der Waals surface area contributed by atoms with Crippen LogP contribution in [0.4, 0.5) is 24.8 Å². The molecule has 0 spiro atoms. The van der Waals surface area contributed by atoms with Gasteiger partial charge in [0.2, 0.25) is 5.91 Å². The second kappa shape index (κ2) is 10.1. The number of hydrogen-bond acceptors (Lipinski definition) is 7. The molecule has 3 N–H and O–H groups in total. The largest absolute Gasteiger partial charge is 0.496 e. The predicted octanol–water partition coefficient (Wildman–Crippen LogP) is 4.52. The summed E-state index contributed by atoms with van der Waals surface area (Å²) in [7, 11) is -2.93. The number of imidazole rings is 1. The highest BCUT2D eigenvalue weighted by Gasteiger charge is 2.38. The number of nitrogens with zero attached hydrogens (tertiary/aromatic N) is 5. The van der Waals surface area contributed by atoms with E-state index >= 15 is 0 Å². The Morgan fingerprint density at radius 3 is 2.83 bits per heavy atom. The first kappa shape index (κ1) is 23.1. The maximum absolute atomic E-state index is 13.1. The number of piperidine rings is 1. The van der Waals surface area contributed by atoms with Gasteiger partial charge in [0.25, 0.3) is 5.91 Å². The highest BCUT2D eigenvalue weighted by molar-refractivity contribution is 6.04. The van der Waals surface area contributed by atoms with Crippen LogP contribution in [0.2, 0.25) is 0 Å². The number of nitrogens with two attached hydrogens (primary N) is 1. The van der Waals surface area contributed by atoms with Crippen LogP contribution in [0.3, 0.4) is 0 Å². The lowest BCUT2D eigenvalue weighted by atomic mass is 9.92. The van der Waals surface area contributed by atoms with E-state index in [-0.39, 0.29) is 52.1 Å². The maximum atomic E-state index is 13.1. The molecule has 0 bridgehead atoms. The van der Waals surface area contributed by atoms with E-state index in [0.717, 1.165) is 37.6 Å². The number of pyridine rings is 1. The molecule has 0 radical (unpaired) electrons. The van der Waals surface area contributed by atoms with Crippen molar-refractivity contribution in [2.24, 2.45) is 0 Å². The molecule has 5 heterocycles. The molecule has 1 aromatic carbocycles. The summed E-state index contributed by atoms with van der Waals surface area (Å²) in [5, 5.41) is 2.30. The third kappa shape index (κ3) is 4.81. The van der Waals surface area contributed by atoms with Crippen molar-refractivity contribution >= 4 is 29.0 Å². The number of anilines is 2. The second-order valence-electron chi connectivity index (χ2n) is 10.1. The van der Waals surface area contributed by atoms with Crippen molar-refractivity contribution < 1.29 is 31.6 Å². The number of nitrogen functional groups attached to an aromatic ring is 1. The van der Waals surface area contributed by atoms with E-state index in [2.05, 4.69) is 15.3 Å². The van der Waals surface area contributed by atoms with E-state index < -0.39 is 24.7 Å². The number of halogens is 3. The van der Waals surface area contributed by atoms with E-state index in [0.29, 0.717) is 30.4 Å². The van der Waals surface area contributed by atoms with Crippen molar-refractivity contribution in [3.05, 3.63) is 65.9 Å². The van der Waals surface area contributed by atoms with Gasteiger partial charge in [-0.15, -0.1) is 0 Å². The fourth-order valence-electron chi connectivity index (χ4n) is 5.65. The van der Waals surface area contributed by atoms with Crippen LogP contribution >= 0.6 is 0 Å². The van der Waals surface area contributed by atoms with Crippen LogP contribution in [-0.2, 0) is 11.0 Å². The smallest absolute Gasteiger partial charge is 0.416 e. The fraction of sp³-hybridized carbons (Fsp3) is 0.321. The lowest BCUT2D eigenvalue weighted by Crippen LogP contribution is -2.41. The quantitative estimate of drug-likeness (QED) is 0.362. The Bertz CT molecular complexity index is 1780. The van der Waals surface area contributed by atoms with Crippen molar-refractivity contribution in [2.75, 3.05) is 24.6 Å². The first-order valence-corrected chi connectivity index (χ1v) is 12.9. The molecule has 212 valence electrons. The third-order valence-corrected chi connectivity index (χ3v) is 7.63. The number of rotatable bonds is 5. The van der Waals surface area contributed by atoms with Gasteiger partial charge in [-0.2, -0.15) is 13.2 Å². The minimum Gasteiger partial charge on any atom is -0.496 e. The minimum atomic E-state index is -4.64. The predicted molar refractivity (Wildman–Crippen MR) is 143 cm³/mol. The number of benzene rings is 1. The SMILES string of the molecule is [2H]C([2H])([2H])Oc1cc(C(=O)Nc2cc(C(F)(F)F)ccn2)ccc1-c1nc([C@@H]2CC[C@H]3CCC(=O)N3C2)n2ccnc(N)c12. The molecule has 2 aliphatic heterocycles. The Morgan fingerprint density at radius 1 is 1.17 bits per heavy atom. The normalized spacial score (nSPS) is 20.3. The van der Waals surface area contributed by atoms with Gasteiger partial charge in [0, 0.05) is 54.6 Å². The number of amides is 2. The molecule has 6 rings (SSSR count). The van der Waals surface area contributed by atoms with Gasteiger partial charge in [-0.1, -0.05) is 0 Å². The highest BCUT2D eigenvalue weighted by atomic mass is 19.4. The Hall–Kier alpha value is -4.68. The van der Waals surface area contributed by atoms with Crippen LogP contribution in [0.15, 0.2) is 48.9 Å². The van der Waals surface area contributed by atoms with Crippen molar-refractivity contribution in [1.29, 1.82) is 0 Å². The van der Waals surface area contributed by atoms with Crippen molar-refractivity contribution in [1.82, 2.24) is 24.3 Å². The molecule has 2 aliphatic rings. The van der Waals surface area contributed by atoms with Crippen LogP contribution in [0.25, 0.3) is 16.8 Å². The van der Waals surface area contributed by atoms with Crippen molar-refractivity contribution in [2.45, 2.75) is 43.8 Å². The summed E-state index contributed by atoms with van der Waals surface area (Å²) in [5.41, 5.74) is 6.03. The summed E-state index contributed by atoms with van der Waals surface area (Å²) >= 11 is 0. The first-order chi connectivity index (χ1) is 20.8. The van der Waals surface area contributed by atoms with Crippen molar-refractivity contribution in [3.8, 4) is 17.0 Å². The number of methoxy groups -OCH3 is 1. The Morgan fingerprint density at radius 2 is 2.02 bits per heavy atom. The van der Waals surface area contributed by atoms with E-state index in [4.69, 9.17) is 19.6 Å². The van der Waals surface area contributed by atoms with Crippen LogP contribution in [0.1, 0.15) is 57.5 Å². The first-order valence-electron chi connectivity index (χ1n) is 14.4. The van der Waals surface area contributed by atoms with E-state index in [1.54, 1.807) is 10.6 Å². The van der Waals surface area contributed by atoms with Gasteiger partial charge in [-0.05, 0) is 49.6 Å². The van der Waals surface area contributed by atoms with E-state index in [1.165, 1.54) is 18.3 Å². The van der Waals surface area contributed by atoms with Crippen LogP contribution in [-0.4, -0.2) is 55.7 Å². The molecule has 2 fully saturated rings. The van der Waals surface area contributed by atoms with Gasteiger partial charge in [0.15, 0.2) is 0 Å². The van der Waals surface area contributed by atoms with Gasteiger partial charge in [-0.3, -0.25) is 14.0 Å². The average Bonchev–Trinajstić information content (AvgIpc) is 3.53. The molecular weight excluding hydrogens is 539 g/mol. The zero-order valence-electron chi connectivity index (χ0n) is 24.5. The molecule has 0 saturated carbocycles. The van der Waals surface area contributed by atoms with Gasteiger partial charge in [-0.25, -0.2) is 15.0 Å². The molecule has 10 nitrogen and oxygen atoms in total. The zero-order chi connectivity index (χ0) is 31.4. The number of aromatic nitrogens is 4. The van der Waals surface area contributed by atoms with Crippen LogP contribution in [0.5, 0.6) is 5.75 Å². The number of ether oxygens (including phenoxy) is 1. The Balaban J connectivity index is 1.39. The number of nitrogens with one attached hydrogen (secondary N) is 1. The third-order valence-electron chi connectivity index (χ3n) is 7.63. The molecular formula is C28H26F3N7O3. The number of fused-ring (bicyclic) bond motifs is 2. The van der Waals surface area contributed by atoms with Gasteiger partial charge in [0.05, 0.1) is 16.7 Å². The Labute approximate surface area is 236 Å². The molecule has 2 amide bonds. The van der Waals surface area contributed by atoms with Gasteiger partial charge < -0.3 is 20.7 Å². The van der Waals surface area contributed by atoms with Gasteiger partial charge in [0.1, 0.15) is 34.4 Å². The molecule has 13 heteroatoms. The topological polar surface area (TPSA) is 128 Å². The zero-order valence-corrected chi connectivity index (χ0v) is 21.5. The number of carbonyl (C=O) groups excluding carboxylic acids is 2. The lowest BCUT2D eigenvalue weighted by Gasteiger charge is -2.34. The number of carbonyl (C=O) groups is 2. The maximum Gasteiger partial charge on any atom is 0.416 e. The number of alkyl halides is 3. The average molecular weight is 569 g/mol. The monoisotopic (exact) mass is 568 g/mol. The molecule has 0 aliphatic carbocycles. The summed E-state index contributed by atoms with van der Waals surface area (Å²) in [6.45, 7) is 0.478.